The molecule has 1 aliphatic heterocycles. The summed E-state index contributed by atoms with van der Waals surface area (Å²) in [6.45, 7) is 0.944. The highest BCUT2D eigenvalue weighted by molar-refractivity contribution is 7.89. The number of sulfonamides is 1. The molecule has 1 saturated heterocycles. The lowest BCUT2D eigenvalue weighted by Gasteiger charge is -2.32. The van der Waals surface area contributed by atoms with E-state index >= 15 is 0 Å². The van der Waals surface area contributed by atoms with Gasteiger partial charge in [0.25, 0.3) is 0 Å². The van der Waals surface area contributed by atoms with Crippen molar-refractivity contribution in [3.8, 4) is 0 Å². The Morgan fingerprint density at radius 1 is 1.20 bits per heavy atom. The van der Waals surface area contributed by atoms with Crippen LogP contribution < -0.4 is 0 Å². The Kier molecular flexibility index (Phi) is 5.44. The predicted octanol–water partition coefficient (Wildman–Crippen LogP) is 3.39. The molecule has 134 valence electrons. The molecular weight excluding hydrogens is 346 g/mol. The normalized spacial score (nSPS) is 19.0. The number of rotatable bonds is 5. The molecule has 0 unspecified atom stereocenters. The quantitative estimate of drug-likeness (QED) is 0.815. The van der Waals surface area contributed by atoms with Gasteiger partial charge in [0.05, 0.1) is 0 Å². The van der Waals surface area contributed by atoms with Crippen molar-refractivity contribution < 1.29 is 17.2 Å². The molecule has 0 bridgehead atoms. The van der Waals surface area contributed by atoms with Gasteiger partial charge in [-0.1, -0.05) is 6.07 Å². The molecule has 0 saturated carbocycles. The second-order valence-corrected chi connectivity index (χ2v) is 8.29. The van der Waals surface area contributed by atoms with Gasteiger partial charge in [0.2, 0.25) is 10.0 Å². The summed E-state index contributed by atoms with van der Waals surface area (Å²) in [5, 5.41) is 0. The van der Waals surface area contributed by atoms with E-state index in [0.29, 0.717) is 19.5 Å². The largest absolute Gasteiger partial charge is 0.263 e. The Bertz CT molecular complexity index is 828. The molecule has 7 heteroatoms. The fraction of sp³-hybridized carbons (Fsp3) is 0.389. The van der Waals surface area contributed by atoms with E-state index in [-0.39, 0.29) is 10.8 Å². The minimum absolute atomic E-state index is 0.202. The average Bonchev–Trinajstić information content (AvgIpc) is 2.64. The van der Waals surface area contributed by atoms with Crippen molar-refractivity contribution in [2.75, 3.05) is 13.1 Å². The smallest absolute Gasteiger partial charge is 0.244 e. The average molecular weight is 366 g/mol. The van der Waals surface area contributed by atoms with E-state index in [4.69, 9.17) is 0 Å². The van der Waals surface area contributed by atoms with Gasteiger partial charge < -0.3 is 0 Å². The van der Waals surface area contributed by atoms with Gasteiger partial charge in [0.1, 0.15) is 4.90 Å². The second kappa shape index (κ2) is 7.58. The van der Waals surface area contributed by atoms with Crippen LogP contribution in [0.5, 0.6) is 0 Å². The van der Waals surface area contributed by atoms with Crippen LogP contribution in [0.1, 0.15) is 24.8 Å². The van der Waals surface area contributed by atoms with Crippen molar-refractivity contribution in [2.24, 2.45) is 5.92 Å². The van der Waals surface area contributed by atoms with Crippen LogP contribution in [0, 0.1) is 17.6 Å². The first-order valence-electron chi connectivity index (χ1n) is 8.31. The van der Waals surface area contributed by atoms with Crippen molar-refractivity contribution in [1.29, 1.82) is 0 Å². The van der Waals surface area contributed by atoms with Crippen LogP contribution in [0.4, 0.5) is 8.78 Å². The summed E-state index contributed by atoms with van der Waals surface area (Å²) in [6, 6.07) is 7.07. The zero-order chi connectivity index (χ0) is 17.9. The Morgan fingerprint density at radius 2 is 2.04 bits per heavy atom. The molecule has 0 aliphatic carbocycles. The van der Waals surface area contributed by atoms with Crippen molar-refractivity contribution in [1.82, 2.24) is 9.29 Å². The molecule has 25 heavy (non-hydrogen) atoms. The van der Waals surface area contributed by atoms with Gasteiger partial charge in [0, 0.05) is 25.5 Å². The molecule has 1 aliphatic rings. The number of piperidine rings is 1. The Labute approximate surface area is 146 Å². The highest BCUT2D eigenvalue weighted by atomic mass is 32.2. The first-order valence-corrected chi connectivity index (χ1v) is 9.75. The van der Waals surface area contributed by atoms with Crippen molar-refractivity contribution in [2.45, 2.75) is 30.6 Å². The number of aryl methyl sites for hydroxylation is 1. The second-order valence-electron chi connectivity index (χ2n) is 6.35. The van der Waals surface area contributed by atoms with Gasteiger partial charge in [-0.25, -0.2) is 17.2 Å². The molecule has 4 nitrogen and oxygen atoms in total. The molecular formula is C18H20F2N2O2S. The Balaban J connectivity index is 1.64. The molecule has 1 fully saturated rings. The molecule has 1 atom stereocenters. The number of nitrogens with zero attached hydrogens (tertiary/aromatic N) is 2. The van der Waals surface area contributed by atoms with Crippen molar-refractivity contribution >= 4 is 10.0 Å². The van der Waals surface area contributed by atoms with E-state index in [1.54, 1.807) is 24.4 Å². The fourth-order valence-corrected chi connectivity index (χ4v) is 4.71. The molecule has 2 aromatic rings. The lowest BCUT2D eigenvalue weighted by atomic mass is 9.93. The van der Waals surface area contributed by atoms with E-state index in [9.17, 15) is 17.2 Å². The van der Waals surface area contributed by atoms with E-state index in [2.05, 4.69) is 4.98 Å². The van der Waals surface area contributed by atoms with Crippen LogP contribution in [-0.4, -0.2) is 30.8 Å². The molecule has 0 spiro atoms. The first-order chi connectivity index (χ1) is 12.0. The maximum absolute atomic E-state index is 13.3. The monoisotopic (exact) mass is 366 g/mol. The Hall–Kier alpha value is -1.86. The van der Waals surface area contributed by atoms with Crippen molar-refractivity contribution in [3.05, 3.63) is 59.9 Å². The standard InChI is InChI=1S/C18H20F2N2O2S/c19-17-8-7-14(11-18(17)20)5-6-15-3-2-10-22(13-15)25(23,24)16-4-1-9-21-12-16/h1,4,7-9,11-12,15H,2-3,5-6,10,13H2/t15-/m1/s1. The van der Waals surface area contributed by atoms with Crippen LogP contribution in [-0.2, 0) is 16.4 Å². The van der Waals surface area contributed by atoms with Gasteiger partial charge in [-0.05, 0) is 61.4 Å². The maximum Gasteiger partial charge on any atom is 0.244 e. The molecule has 1 aromatic carbocycles. The number of hydrogen-bond acceptors (Lipinski definition) is 3. The van der Waals surface area contributed by atoms with Gasteiger partial charge >= 0.3 is 0 Å². The molecule has 1 aromatic heterocycles. The minimum Gasteiger partial charge on any atom is -0.263 e. The third-order valence-corrected chi connectivity index (χ3v) is 6.43. The van der Waals surface area contributed by atoms with E-state index in [1.807, 2.05) is 0 Å². The highest BCUT2D eigenvalue weighted by Crippen LogP contribution is 2.26. The summed E-state index contributed by atoms with van der Waals surface area (Å²) in [5.74, 6) is -1.50. The number of pyridine rings is 1. The van der Waals surface area contributed by atoms with Crippen LogP contribution in [0.15, 0.2) is 47.6 Å². The first kappa shape index (κ1) is 17.9. The van der Waals surface area contributed by atoms with E-state index < -0.39 is 21.7 Å². The SMILES string of the molecule is O=S(=O)(c1cccnc1)N1CCC[C@H](CCc2ccc(F)c(F)c2)C1. The summed E-state index contributed by atoms with van der Waals surface area (Å²) >= 11 is 0. The molecule has 0 N–H and O–H groups in total. The van der Waals surface area contributed by atoms with Crippen LogP contribution in [0.2, 0.25) is 0 Å². The van der Waals surface area contributed by atoms with Crippen LogP contribution in [0.25, 0.3) is 0 Å². The summed E-state index contributed by atoms with van der Waals surface area (Å²) in [5.41, 5.74) is 0.728. The van der Waals surface area contributed by atoms with Gasteiger partial charge in [-0.15, -0.1) is 0 Å². The summed E-state index contributed by atoms with van der Waals surface area (Å²) in [6.07, 6.45) is 5.97. The van der Waals surface area contributed by atoms with E-state index in [0.717, 1.165) is 30.9 Å². The number of halogens is 2. The predicted molar refractivity (Wildman–Crippen MR) is 90.4 cm³/mol. The third kappa shape index (κ3) is 4.22. The van der Waals surface area contributed by atoms with E-state index in [1.165, 1.54) is 16.6 Å². The number of aromatic nitrogens is 1. The number of benzene rings is 1. The zero-order valence-corrected chi connectivity index (χ0v) is 14.6. The summed E-state index contributed by atoms with van der Waals surface area (Å²) in [4.78, 5) is 4.09. The zero-order valence-electron chi connectivity index (χ0n) is 13.7. The van der Waals surface area contributed by atoms with Gasteiger partial charge in [-0.3, -0.25) is 4.98 Å². The third-order valence-electron chi connectivity index (χ3n) is 4.58. The fourth-order valence-electron chi connectivity index (χ4n) is 3.20. The molecule has 2 heterocycles. The Morgan fingerprint density at radius 3 is 2.76 bits per heavy atom. The summed E-state index contributed by atoms with van der Waals surface area (Å²) in [7, 11) is -3.53. The van der Waals surface area contributed by atoms with Gasteiger partial charge in [-0.2, -0.15) is 4.31 Å². The minimum atomic E-state index is -3.53. The van der Waals surface area contributed by atoms with Crippen LogP contribution in [0.3, 0.4) is 0 Å². The molecule has 0 amide bonds. The molecule has 3 rings (SSSR count). The maximum atomic E-state index is 13.3. The lowest BCUT2D eigenvalue weighted by Crippen LogP contribution is -2.40. The molecule has 0 radical (unpaired) electrons. The van der Waals surface area contributed by atoms with Crippen LogP contribution >= 0.6 is 0 Å². The summed E-state index contributed by atoms with van der Waals surface area (Å²) < 4.78 is 53.1. The van der Waals surface area contributed by atoms with Gasteiger partial charge in [0.15, 0.2) is 11.6 Å². The van der Waals surface area contributed by atoms with Crippen molar-refractivity contribution in [3.63, 3.8) is 0 Å². The highest BCUT2D eigenvalue weighted by Gasteiger charge is 2.30. The topological polar surface area (TPSA) is 50.3 Å². The lowest BCUT2D eigenvalue weighted by molar-refractivity contribution is 0.256. The number of hydrogen-bond donors (Lipinski definition) is 0.